The number of nitrogens with one attached hydrogen (secondary N) is 1. The molecule has 1 unspecified atom stereocenters. The van der Waals surface area contributed by atoms with Gasteiger partial charge in [0.2, 0.25) is 0 Å². The van der Waals surface area contributed by atoms with E-state index in [1.807, 2.05) is 17.8 Å². The summed E-state index contributed by atoms with van der Waals surface area (Å²) in [5.41, 5.74) is 0. The van der Waals surface area contributed by atoms with Crippen LogP contribution in [0.4, 0.5) is 0 Å². The number of rotatable bonds is 6. The molecule has 1 rings (SSSR count). The number of methoxy groups -OCH3 is 1. The number of nitrogens with zero attached hydrogens (tertiary/aromatic N) is 2. The van der Waals surface area contributed by atoms with E-state index in [-0.39, 0.29) is 9.89 Å². The first-order valence-electron chi connectivity index (χ1n) is 5.04. The molecule has 1 atom stereocenters. The average Bonchev–Trinajstić information content (AvgIpc) is 2.69. The average molecular weight is 337 g/mol. The summed E-state index contributed by atoms with van der Waals surface area (Å²) >= 11 is 2.07. The summed E-state index contributed by atoms with van der Waals surface area (Å²) < 4.78 is 6.49. The lowest BCUT2D eigenvalue weighted by molar-refractivity contribution is -0.139. The molecule has 0 radical (unpaired) electrons. The van der Waals surface area contributed by atoms with Gasteiger partial charge in [-0.2, -0.15) is 0 Å². The first-order valence-corrected chi connectivity index (χ1v) is 6.28. The second kappa shape index (κ2) is 6.85. The van der Waals surface area contributed by atoms with Gasteiger partial charge in [0.1, 0.15) is 9.75 Å². The molecule has 0 fully saturated rings. The first-order chi connectivity index (χ1) is 7.65. The normalized spacial score (nSPS) is 12.4. The number of carbonyl (C=O) groups is 1. The summed E-state index contributed by atoms with van der Waals surface area (Å²) in [5, 5.41) is 3.20. The summed E-state index contributed by atoms with van der Waals surface area (Å²) in [6.45, 7) is 1.43. The Morgan fingerprint density at radius 1 is 1.75 bits per heavy atom. The Hall–Kier alpha value is -0.630. The predicted molar refractivity (Wildman–Crippen MR) is 69.6 cm³/mol. The lowest BCUT2D eigenvalue weighted by Crippen LogP contribution is -2.31. The van der Waals surface area contributed by atoms with Crippen LogP contribution in [0.25, 0.3) is 0 Å². The quantitative estimate of drug-likeness (QED) is 0.356. The van der Waals surface area contributed by atoms with Gasteiger partial charge in [-0.05, 0) is 0 Å². The van der Waals surface area contributed by atoms with Crippen LogP contribution in [0.1, 0.15) is 5.82 Å². The smallest absolute Gasteiger partial charge is 0.319 e. The second-order valence-corrected chi connectivity index (χ2v) is 4.90. The lowest BCUT2D eigenvalue weighted by atomic mass is 10.3. The van der Waals surface area contributed by atoms with Crippen LogP contribution in [0, 0.1) is 0 Å². The number of carbonyl (C=O) groups excluding carboxylic acids is 1. The Kier molecular flexibility index (Phi) is 5.75. The van der Waals surface area contributed by atoms with Crippen molar-refractivity contribution in [3.05, 3.63) is 18.2 Å². The van der Waals surface area contributed by atoms with E-state index >= 15 is 0 Å². The molecule has 1 N–H and O–H groups in total. The van der Waals surface area contributed by atoms with Crippen molar-refractivity contribution in [3.63, 3.8) is 0 Å². The number of aromatic nitrogens is 2. The van der Waals surface area contributed by atoms with Crippen molar-refractivity contribution in [3.8, 4) is 0 Å². The van der Waals surface area contributed by atoms with Gasteiger partial charge >= 0.3 is 5.97 Å². The maximum atomic E-state index is 11.1. The number of halogens is 1. The summed E-state index contributed by atoms with van der Waals surface area (Å²) in [7, 11) is 3.37. The zero-order chi connectivity index (χ0) is 12.0. The van der Waals surface area contributed by atoms with Gasteiger partial charge in [-0.3, -0.25) is 4.79 Å². The van der Waals surface area contributed by atoms with Gasteiger partial charge in [-0.1, -0.05) is 22.6 Å². The molecule has 16 heavy (non-hydrogen) atoms. The van der Waals surface area contributed by atoms with Crippen molar-refractivity contribution >= 4 is 28.6 Å². The molecule has 0 spiro atoms. The van der Waals surface area contributed by atoms with Crippen LogP contribution in [0.3, 0.4) is 0 Å². The molecule has 0 saturated heterocycles. The van der Waals surface area contributed by atoms with Gasteiger partial charge in [0, 0.05) is 39.0 Å². The largest absolute Gasteiger partial charge is 0.468 e. The van der Waals surface area contributed by atoms with E-state index in [1.54, 1.807) is 6.20 Å². The van der Waals surface area contributed by atoms with Crippen LogP contribution in [-0.4, -0.2) is 39.6 Å². The highest BCUT2D eigenvalue weighted by molar-refractivity contribution is 14.1. The highest BCUT2D eigenvalue weighted by Gasteiger charge is 2.13. The van der Waals surface area contributed by atoms with Gasteiger partial charge in [-0.15, -0.1) is 0 Å². The third-order valence-corrected chi connectivity index (χ3v) is 3.18. The Balaban J connectivity index is 2.17. The monoisotopic (exact) mass is 337 g/mol. The standard InChI is InChI=1S/C10H16IN3O2/c1-14-6-5-13-9(14)3-4-12-7-8(11)10(15)16-2/h5-6,8,12H,3-4,7H2,1-2H3. The minimum absolute atomic E-state index is 0.135. The van der Waals surface area contributed by atoms with E-state index in [2.05, 4.69) is 37.6 Å². The lowest BCUT2D eigenvalue weighted by Gasteiger charge is -2.08. The molecule has 1 aromatic heterocycles. The Labute approximate surface area is 109 Å². The van der Waals surface area contributed by atoms with E-state index < -0.39 is 0 Å². The molecule has 6 heteroatoms. The van der Waals surface area contributed by atoms with Crippen molar-refractivity contribution in [2.24, 2.45) is 7.05 Å². The molecule has 0 saturated carbocycles. The van der Waals surface area contributed by atoms with Gasteiger partial charge in [-0.25, -0.2) is 4.98 Å². The van der Waals surface area contributed by atoms with E-state index in [9.17, 15) is 4.79 Å². The summed E-state index contributed by atoms with van der Waals surface area (Å²) in [6.07, 6.45) is 4.56. The Morgan fingerprint density at radius 2 is 2.50 bits per heavy atom. The van der Waals surface area contributed by atoms with E-state index in [1.165, 1.54) is 7.11 Å². The van der Waals surface area contributed by atoms with Crippen molar-refractivity contribution in [1.29, 1.82) is 0 Å². The molecule has 0 bridgehead atoms. The van der Waals surface area contributed by atoms with Crippen LogP contribution in [0.2, 0.25) is 0 Å². The maximum Gasteiger partial charge on any atom is 0.319 e. The molecule has 0 aliphatic heterocycles. The third kappa shape index (κ3) is 4.09. The summed E-state index contributed by atoms with van der Waals surface area (Å²) in [6, 6.07) is 0. The first kappa shape index (κ1) is 13.4. The fourth-order valence-electron chi connectivity index (χ4n) is 1.28. The Morgan fingerprint density at radius 3 is 3.06 bits per heavy atom. The van der Waals surface area contributed by atoms with E-state index in [0.717, 1.165) is 18.8 Å². The molecule has 90 valence electrons. The van der Waals surface area contributed by atoms with Crippen LogP contribution in [-0.2, 0) is 23.0 Å². The number of ether oxygens (including phenoxy) is 1. The number of alkyl halides is 1. The predicted octanol–water partition coefficient (Wildman–Crippen LogP) is 0.529. The van der Waals surface area contributed by atoms with E-state index in [0.29, 0.717) is 6.54 Å². The van der Waals surface area contributed by atoms with Gasteiger partial charge < -0.3 is 14.6 Å². The molecule has 1 aromatic rings. The molecule has 0 amide bonds. The maximum absolute atomic E-state index is 11.1. The number of hydrogen-bond donors (Lipinski definition) is 1. The second-order valence-electron chi connectivity index (χ2n) is 3.40. The topological polar surface area (TPSA) is 56.1 Å². The molecule has 0 aliphatic carbocycles. The minimum Gasteiger partial charge on any atom is -0.468 e. The van der Waals surface area contributed by atoms with Gasteiger partial charge in [0.05, 0.1) is 7.11 Å². The van der Waals surface area contributed by atoms with Crippen molar-refractivity contribution in [1.82, 2.24) is 14.9 Å². The van der Waals surface area contributed by atoms with Gasteiger partial charge in [0.15, 0.2) is 0 Å². The van der Waals surface area contributed by atoms with Crippen molar-refractivity contribution in [2.45, 2.75) is 10.3 Å². The fraction of sp³-hybridized carbons (Fsp3) is 0.600. The molecule has 1 heterocycles. The fourth-order valence-corrected chi connectivity index (χ4v) is 1.84. The van der Waals surface area contributed by atoms with Crippen molar-refractivity contribution < 1.29 is 9.53 Å². The highest BCUT2D eigenvalue weighted by Crippen LogP contribution is 2.01. The molecule has 5 nitrogen and oxygen atoms in total. The zero-order valence-electron chi connectivity index (χ0n) is 9.44. The zero-order valence-corrected chi connectivity index (χ0v) is 11.6. The highest BCUT2D eigenvalue weighted by atomic mass is 127. The molecule has 0 aliphatic rings. The molecule has 0 aromatic carbocycles. The number of aryl methyl sites for hydroxylation is 1. The van der Waals surface area contributed by atoms with E-state index in [4.69, 9.17) is 0 Å². The minimum atomic E-state index is -0.190. The number of esters is 1. The SMILES string of the molecule is COC(=O)C(I)CNCCc1nccn1C. The van der Waals surface area contributed by atoms with Crippen LogP contribution in [0.15, 0.2) is 12.4 Å². The van der Waals surface area contributed by atoms with Crippen molar-refractivity contribution in [2.75, 3.05) is 20.2 Å². The number of imidazole rings is 1. The summed E-state index contributed by atoms with van der Waals surface area (Å²) in [4.78, 5) is 15.3. The van der Waals surface area contributed by atoms with Crippen LogP contribution >= 0.6 is 22.6 Å². The van der Waals surface area contributed by atoms with Gasteiger partial charge in [0.25, 0.3) is 0 Å². The summed E-state index contributed by atoms with van der Waals surface area (Å²) in [5.74, 6) is 0.848. The Bertz CT molecular complexity index is 341. The molecular formula is C10H16IN3O2. The molecular weight excluding hydrogens is 321 g/mol. The van der Waals surface area contributed by atoms with Crippen LogP contribution in [0.5, 0.6) is 0 Å². The third-order valence-electron chi connectivity index (χ3n) is 2.23. The van der Waals surface area contributed by atoms with Crippen LogP contribution < -0.4 is 5.32 Å². The number of hydrogen-bond acceptors (Lipinski definition) is 4.